The van der Waals surface area contributed by atoms with Gasteiger partial charge in [-0.1, -0.05) is 29.3 Å². The van der Waals surface area contributed by atoms with Gasteiger partial charge in [0.05, 0.1) is 0 Å². The molecule has 1 heterocycles. The van der Waals surface area contributed by atoms with Gasteiger partial charge in [-0.2, -0.15) is 0 Å². The van der Waals surface area contributed by atoms with E-state index < -0.39 is 10.8 Å². The van der Waals surface area contributed by atoms with Crippen molar-refractivity contribution in [2.45, 2.75) is 19.8 Å². The first-order chi connectivity index (χ1) is 6.76. The zero-order chi connectivity index (χ0) is 10.4. The van der Waals surface area contributed by atoms with E-state index in [1.165, 1.54) is 19.4 Å². The number of hydrogen-bond acceptors (Lipinski definition) is 2. The standard InChI is InChI=1S/C10H20BrNOS/c1-2-3-10(8-11)9-12-4-6-14(13)7-5-12/h10H,2-9H2,1H3. The van der Waals surface area contributed by atoms with Gasteiger partial charge >= 0.3 is 0 Å². The Bertz CT molecular complexity index is 179. The van der Waals surface area contributed by atoms with E-state index >= 15 is 0 Å². The molecule has 0 aliphatic carbocycles. The van der Waals surface area contributed by atoms with Crippen LogP contribution in [0.15, 0.2) is 0 Å². The van der Waals surface area contributed by atoms with Crippen LogP contribution < -0.4 is 0 Å². The highest BCUT2D eigenvalue weighted by Crippen LogP contribution is 2.13. The highest BCUT2D eigenvalue weighted by molar-refractivity contribution is 9.09. The average Bonchev–Trinajstić information content (AvgIpc) is 2.20. The highest BCUT2D eigenvalue weighted by Gasteiger charge is 2.17. The van der Waals surface area contributed by atoms with Gasteiger partial charge in [-0.05, 0) is 12.3 Å². The smallest absolute Gasteiger partial charge is 0.0363 e. The fraction of sp³-hybridized carbons (Fsp3) is 1.00. The zero-order valence-electron chi connectivity index (χ0n) is 8.88. The Hall–Kier alpha value is 0.590. The van der Waals surface area contributed by atoms with Gasteiger partial charge in [-0.25, -0.2) is 0 Å². The van der Waals surface area contributed by atoms with Crippen LogP contribution in [-0.2, 0) is 10.8 Å². The van der Waals surface area contributed by atoms with Crippen LogP contribution in [-0.4, -0.2) is 45.6 Å². The van der Waals surface area contributed by atoms with Crippen molar-refractivity contribution in [1.29, 1.82) is 0 Å². The fourth-order valence-electron chi connectivity index (χ4n) is 1.85. The van der Waals surface area contributed by atoms with E-state index in [2.05, 4.69) is 27.8 Å². The molecule has 4 heteroatoms. The largest absolute Gasteiger partial charge is 0.301 e. The minimum atomic E-state index is -0.535. The first-order valence-corrected chi connectivity index (χ1v) is 8.00. The summed E-state index contributed by atoms with van der Waals surface area (Å²) >= 11 is 3.57. The van der Waals surface area contributed by atoms with Crippen LogP contribution in [0.3, 0.4) is 0 Å². The van der Waals surface area contributed by atoms with Gasteiger partial charge < -0.3 is 4.90 Å². The van der Waals surface area contributed by atoms with E-state index in [1.807, 2.05) is 0 Å². The normalized spacial score (nSPS) is 22.4. The van der Waals surface area contributed by atoms with Gasteiger partial charge in [0, 0.05) is 47.3 Å². The van der Waals surface area contributed by atoms with Crippen LogP contribution in [0, 0.1) is 5.92 Å². The summed E-state index contributed by atoms with van der Waals surface area (Å²) in [7, 11) is -0.535. The van der Waals surface area contributed by atoms with Crippen molar-refractivity contribution in [2.24, 2.45) is 5.92 Å². The highest BCUT2D eigenvalue weighted by atomic mass is 79.9. The van der Waals surface area contributed by atoms with Crippen molar-refractivity contribution in [3.8, 4) is 0 Å². The maximum absolute atomic E-state index is 11.2. The van der Waals surface area contributed by atoms with Crippen LogP contribution >= 0.6 is 15.9 Å². The molecule has 2 nitrogen and oxygen atoms in total. The second-order valence-electron chi connectivity index (χ2n) is 3.96. The molecule has 1 rings (SSSR count). The third-order valence-electron chi connectivity index (χ3n) is 2.70. The Morgan fingerprint density at radius 2 is 2.07 bits per heavy atom. The first kappa shape index (κ1) is 12.7. The van der Waals surface area contributed by atoms with Crippen molar-refractivity contribution in [3.63, 3.8) is 0 Å². The lowest BCUT2D eigenvalue weighted by molar-refractivity contribution is 0.253. The fourth-order valence-corrected chi connectivity index (χ4v) is 3.51. The molecular weight excluding hydrogens is 262 g/mol. The molecule has 0 aromatic rings. The summed E-state index contributed by atoms with van der Waals surface area (Å²) in [5.74, 6) is 2.52. The van der Waals surface area contributed by atoms with Crippen LogP contribution in [0.5, 0.6) is 0 Å². The molecule has 0 radical (unpaired) electrons. The molecule has 1 saturated heterocycles. The lowest BCUT2D eigenvalue weighted by Crippen LogP contribution is -2.40. The molecule has 0 spiro atoms. The number of alkyl halides is 1. The van der Waals surface area contributed by atoms with Gasteiger partial charge in [0.1, 0.15) is 0 Å². The third kappa shape index (κ3) is 4.41. The Balaban J connectivity index is 2.24. The Kier molecular flexibility index (Phi) is 6.29. The summed E-state index contributed by atoms with van der Waals surface area (Å²) in [6, 6.07) is 0. The van der Waals surface area contributed by atoms with Crippen molar-refractivity contribution < 1.29 is 4.21 Å². The molecule has 0 bridgehead atoms. The molecule has 1 atom stereocenters. The molecule has 0 saturated carbocycles. The Morgan fingerprint density at radius 1 is 1.43 bits per heavy atom. The molecule has 14 heavy (non-hydrogen) atoms. The molecule has 0 aromatic heterocycles. The van der Waals surface area contributed by atoms with Crippen LogP contribution in [0.4, 0.5) is 0 Å². The molecule has 84 valence electrons. The predicted octanol–water partition coefficient (Wildman–Crippen LogP) is 1.86. The summed E-state index contributed by atoms with van der Waals surface area (Å²) in [5.41, 5.74) is 0. The molecule has 1 aliphatic heterocycles. The van der Waals surface area contributed by atoms with Crippen molar-refractivity contribution >= 4 is 26.7 Å². The minimum Gasteiger partial charge on any atom is -0.301 e. The molecular formula is C10H20BrNOS. The second-order valence-corrected chi connectivity index (χ2v) is 6.30. The molecule has 0 N–H and O–H groups in total. The third-order valence-corrected chi connectivity index (χ3v) is 4.89. The number of halogens is 1. The molecule has 1 aliphatic rings. The maximum Gasteiger partial charge on any atom is 0.0363 e. The van der Waals surface area contributed by atoms with Gasteiger partial charge in [-0.3, -0.25) is 4.21 Å². The van der Waals surface area contributed by atoms with E-state index in [-0.39, 0.29) is 0 Å². The number of nitrogens with zero attached hydrogens (tertiary/aromatic N) is 1. The summed E-state index contributed by atoms with van der Waals surface area (Å²) in [6.45, 7) is 5.47. The summed E-state index contributed by atoms with van der Waals surface area (Å²) in [4.78, 5) is 2.46. The molecule has 0 aromatic carbocycles. The van der Waals surface area contributed by atoms with E-state index in [4.69, 9.17) is 0 Å². The lowest BCUT2D eigenvalue weighted by atomic mass is 10.1. The van der Waals surface area contributed by atoms with E-state index in [0.717, 1.165) is 35.8 Å². The van der Waals surface area contributed by atoms with Gasteiger partial charge in [0.15, 0.2) is 0 Å². The van der Waals surface area contributed by atoms with Crippen LogP contribution in [0.1, 0.15) is 19.8 Å². The van der Waals surface area contributed by atoms with E-state index in [1.54, 1.807) is 0 Å². The molecule has 0 amide bonds. The van der Waals surface area contributed by atoms with E-state index in [0.29, 0.717) is 0 Å². The van der Waals surface area contributed by atoms with Crippen LogP contribution in [0.25, 0.3) is 0 Å². The van der Waals surface area contributed by atoms with Crippen molar-refractivity contribution in [3.05, 3.63) is 0 Å². The maximum atomic E-state index is 11.2. The zero-order valence-corrected chi connectivity index (χ0v) is 11.3. The second kappa shape index (κ2) is 6.96. The number of rotatable bonds is 5. The lowest BCUT2D eigenvalue weighted by Gasteiger charge is -2.29. The summed E-state index contributed by atoms with van der Waals surface area (Å²) in [5, 5.41) is 1.10. The van der Waals surface area contributed by atoms with Crippen molar-refractivity contribution in [1.82, 2.24) is 4.90 Å². The Labute approximate surface area is 98.0 Å². The molecule has 1 fully saturated rings. The number of hydrogen-bond donors (Lipinski definition) is 0. The SMILES string of the molecule is CCCC(CBr)CN1CCS(=O)CC1. The van der Waals surface area contributed by atoms with Gasteiger partial charge in [-0.15, -0.1) is 0 Å². The van der Waals surface area contributed by atoms with Gasteiger partial charge in [0.25, 0.3) is 0 Å². The first-order valence-electron chi connectivity index (χ1n) is 5.39. The average molecular weight is 282 g/mol. The van der Waals surface area contributed by atoms with E-state index in [9.17, 15) is 4.21 Å². The molecule has 1 unspecified atom stereocenters. The van der Waals surface area contributed by atoms with Crippen LogP contribution in [0.2, 0.25) is 0 Å². The monoisotopic (exact) mass is 281 g/mol. The van der Waals surface area contributed by atoms with Crippen molar-refractivity contribution in [2.75, 3.05) is 36.5 Å². The minimum absolute atomic E-state index is 0.535. The topological polar surface area (TPSA) is 20.3 Å². The summed E-state index contributed by atoms with van der Waals surface area (Å²) in [6.07, 6.45) is 2.56. The van der Waals surface area contributed by atoms with Gasteiger partial charge in [0.2, 0.25) is 0 Å². The summed E-state index contributed by atoms with van der Waals surface area (Å²) < 4.78 is 11.2. The predicted molar refractivity (Wildman–Crippen MR) is 66.5 cm³/mol. The Morgan fingerprint density at radius 3 is 2.57 bits per heavy atom. The quantitative estimate of drug-likeness (QED) is 0.717.